The second-order valence-corrected chi connectivity index (χ2v) is 6.96. The first-order chi connectivity index (χ1) is 9.42. The monoisotopic (exact) mass is 301 g/mol. The lowest BCUT2D eigenvalue weighted by Crippen LogP contribution is -2.18. The Morgan fingerprint density at radius 1 is 1.25 bits per heavy atom. The molecule has 0 bridgehead atoms. The van der Waals surface area contributed by atoms with Crippen LogP contribution in [0.5, 0.6) is 11.5 Å². The van der Waals surface area contributed by atoms with Crippen LogP contribution >= 0.6 is 0 Å². The third kappa shape index (κ3) is 4.68. The van der Waals surface area contributed by atoms with Crippen LogP contribution in [0.4, 0.5) is 0 Å². The summed E-state index contributed by atoms with van der Waals surface area (Å²) in [5.41, 5.74) is 0.975. The van der Waals surface area contributed by atoms with Gasteiger partial charge in [0.05, 0.1) is 14.2 Å². The van der Waals surface area contributed by atoms with Gasteiger partial charge >= 0.3 is 0 Å². The molecule has 0 spiro atoms. The minimum Gasteiger partial charge on any atom is -0.493 e. The molecule has 1 aromatic carbocycles. The average molecular weight is 301 g/mol. The van der Waals surface area contributed by atoms with Gasteiger partial charge in [0.15, 0.2) is 11.5 Å². The first-order valence-corrected chi connectivity index (χ1v) is 8.55. The zero-order chi connectivity index (χ0) is 15.2. The molecule has 1 aromatic rings. The summed E-state index contributed by atoms with van der Waals surface area (Å²) in [5, 5.41) is 3.20. The average Bonchev–Trinajstić information content (AvgIpc) is 2.41. The molecule has 0 fully saturated rings. The molecule has 1 unspecified atom stereocenters. The number of hydrogen-bond acceptors (Lipinski definition) is 5. The van der Waals surface area contributed by atoms with Crippen molar-refractivity contribution in [3.63, 3.8) is 0 Å². The van der Waals surface area contributed by atoms with Crippen LogP contribution in [0.25, 0.3) is 0 Å². The van der Waals surface area contributed by atoms with Gasteiger partial charge in [0.2, 0.25) is 0 Å². The van der Waals surface area contributed by atoms with Crippen molar-refractivity contribution >= 4 is 9.84 Å². The van der Waals surface area contributed by atoms with Crippen molar-refractivity contribution in [2.24, 2.45) is 0 Å². The molecule has 0 heterocycles. The van der Waals surface area contributed by atoms with Crippen LogP contribution in [0, 0.1) is 0 Å². The predicted molar refractivity (Wildman–Crippen MR) is 80.3 cm³/mol. The maximum Gasteiger partial charge on any atom is 0.165 e. The van der Waals surface area contributed by atoms with Crippen LogP contribution in [0.2, 0.25) is 0 Å². The highest BCUT2D eigenvalue weighted by Gasteiger charge is 2.18. The molecule has 1 atom stereocenters. The quantitative estimate of drug-likeness (QED) is 0.793. The fourth-order valence-corrected chi connectivity index (χ4v) is 2.88. The Kier molecular flexibility index (Phi) is 6.29. The molecule has 0 saturated carbocycles. The lowest BCUT2D eigenvalue weighted by Gasteiger charge is -2.20. The molecule has 0 saturated heterocycles. The highest BCUT2D eigenvalue weighted by molar-refractivity contribution is 7.90. The molecule has 6 heteroatoms. The van der Waals surface area contributed by atoms with Gasteiger partial charge < -0.3 is 14.8 Å². The summed E-state index contributed by atoms with van der Waals surface area (Å²) in [6.07, 6.45) is 2.57. The van der Waals surface area contributed by atoms with Gasteiger partial charge in [-0.15, -0.1) is 0 Å². The first-order valence-electron chi connectivity index (χ1n) is 6.48. The largest absolute Gasteiger partial charge is 0.493 e. The van der Waals surface area contributed by atoms with Crippen molar-refractivity contribution in [3.8, 4) is 11.5 Å². The van der Waals surface area contributed by atoms with E-state index in [1.807, 2.05) is 25.2 Å². The molecular weight excluding hydrogens is 278 g/mol. The van der Waals surface area contributed by atoms with E-state index in [0.29, 0.717) is 24.3 Å². The predicted octanol–water partition coefficient (Wildman–Crippen LogP) is 1.79. The van der Waals surface area contributed by atoms with Gasteiger partial charge in [-0.25, -0.2) is 8.42 Å². The Hall–Kier alpha value is -1.27. The molecule has 114 valence electrons. The number of nitrogens with one attached hydrogen (secondary N) is 1. The second-order valence-electron chi connectivity index (χ2n) is 4.70. The van der Waals surface area contributed by atoms with Crippen LogP contribution in [-0.4, -0.2) is 41.7 Å². The summed E-state index contributed by atoms with van der Waals surface area (Å²) in [4.78, 5) is 0. The van der Waals surface area contributed by atoms with E-state index in [2.05, 4.69) is 5.32 Å². The van der Waals surface area contributed by atoms with Gasteiger partial charge in [-0.1, -0.05) is 12.1 Å². The minimum atomic E-state index is -2.92. The van der Waals surface area contributed by atoms with Crippen LogP contribution in [0.15, 0.2) is 18.2 Å². The van der Waals surface area contributed by atoms with Gasteiger partial charge in [0.25, 0.3) is 0 Å². The number of hydrogen-bond donors (Lipinski definition) is 1. The van der Waals surface area contributed by atoms with E-state index < -0.39 is 9.84 Å². The molecule has 5 nitrogen and oxygen atoms in total. The molecule has 20 heavy (non-hydrogen) atoms. The fourth-order valence-electron chi connectivity index (χ4n) is 2.19. The maximum atomic E-state index is 11.2. The molecule has 0 aliphatic carbocycles. The summed E-state index contributed by atoms with van der Waals surface area (Å²) >= 11 is 0. The molecule has 0 aromatic heterocycles. The van der Waals surface area contributed by atoms with Crippen LogP contribution in [0.1, 0.15) is 24.4 Å². The van der Waals surface area contributed by atoms with Crippen LogP contribution < -0.4 is 14.8 Å². The van der Waals surface area contributed by atoms with E-state index in [1.54, 1.807) is 14.2 Å². The zero-order valence-electron chi connectivity index (χ0n) is 12.5. The molecule has 0 radical (unpaired) electrons. The van der Waals surface area contributed by atoms with E-state index in [1.165, 1.54) is 6.26 Å². The number of para-hydroxylation sites is 1. The topological polar surface area (TPSA) is 64.6 Å². The number of rotatable bonds is 8. The summed E-state index contributed by atoms with van der Waals surface area (Å²) in [6, 6.07) is 5.73. The van der Waals surface area contributed by atoms with Crippen LogP contribution in [-0.2, 0) is 9.84 Å². The standard InChI is InChI=1S/C14H23NO4S/c1-15-12(8-6-10-20(4,16)17)11-7-5-9-13(18-2)14(11)19-3/h5,7,9,12,15H,6,8,10H2,1-4H3. The van der Waals surface area contributed by atoms with Gasteiger partial charge in [-0.2, -0.15) is 0 Å². The van der Waals surface area contributed by atoms with E-state index in [0.717, 1.165) is 5.56 Å². The van der Waals surface area contributed by atoms with E-state index >= 15 is 0 Å². The highest BCUT2D eigenvalue weighted by atomic mass is 32.2. The Labute approximate surface area is 121 Å². The van der Waals surface area contributed by atoms with E-state index in [-0.39, 0.29) is 11.8 Å². The fraction of sp³-hybridized carbons (Fsp3) is 0.571. The Bertz CT molecular complexity index is 528. The van der Waals surface area contributed by atoms with E-state index in [9.17, 15) is 8.42 Å². The lowest BCUT2D eigenvalue weighted by molar-refractivity contribution is 0.346. The van der Waals surface area contributed by atoms with Gasteiger partial charge in [0, 0.05) is 23.6 Å². The molecule has 0 aliphatic heterocycles. The molecular formula is C14H23NO4S. The van der Waals surface area contributed by atoms with Crippen molar-refractivity contribution in [1.82, 2.24) is 5.32 Å². The Balaban J connectivity index is 2.89. The molecule has 0 amide bonds. The number of sulfone groups is 1. The highest BCUT2D eigenvalue weighted by Crippen LogP contribution is 2.35. The van der Waals surface area contributed by atoms with E-state index in [4.69, 9.17) is 9.47 Å². The normalized spacial score (nSPS) is 13.0. The lowest BCUT2D eigenvalue weighted by atomic mass is 10.0. The van der Waals surface area contributed by atoms with Crippen molar-refractivity contribution in [3.05, 3.63) is 23.8 Å². The van der Waals surface area contributed by atoms with Gasteiger partial charge in [-0.05, 0) is 26.0 Å². The number of benzene rings is 1. The number of methoxy groups -OCH3 is 2. The minimum absolute atomic E-state index is 0.0294. The Morgan fingerprint density at radius 3 is 2.45 bits per heavy atom. The summed E-state index contributed by atoms with van der Waals surface area (Å²) in [7, 11) is 2.13. The van der Waals surface area contributed by atoms with Gasteiger partial charge in [-0.3, -0.25) is 0 Å². The maximum absolute atomic E-state index is 11.2. The summed E-state index contributed by atoms with van der Waals surface area (Å²) in [6.45, 7) is 0. The third-order valence-corrected chi connectivity index (χ3v) is 4.20. The summed E-state index contributed by atoms with van der Waals surface area (Å²) in [5.74, 6) is 1.55. The SMILES string of the molecule is CNC(CCCS(C)(=O)=O)c1cccc(OC)c1OC. The number of ether oxygens (including phenoxy) is 2. The zero-order valence-corrected chi connectivity index (χ0v) is 13.3. The van der Waals surface area contributed by atoms with Crippen LogP contribution in [0.3, 0.4) is 0 Å². The Morgan fingerprint density at radius 2 is 1.95 bits per heavy atom. The molecule has 1 N–H and O–H groups in total. The first kappa shape index (κ1) is 16.8. The third-order valence-electron chi connectivity index (χ3n) is 3.17. The molecule has 1 rings (SSSR count). The second kappa shape index (κ2) is 7.50. The molecule has 0 aliphatic rings. The summed E-state index contributed by atoms with van der Waals surface area (Å²) < 4.78 is 33.1. The van der Waals surface area contributed by atoms with Gasteiger partial charge in [0.1, 0.15) is 9.84 Å². The van der Waals surface area contributed by atoms with Crippen molar-refractivity contribution in [1.29, 1.82) is 0 Å². The van der Waals surface area contributed by atoms with Crippen molar-refractivity contribution in [2.75, 3.05) is 33.3 Å². The van der Waals surface area contributed by atoms with Crippen molar-refractivity contribution in [2.45, 2.75) is 18.9 Å². The smallest absolute Gasteiger partial charge is 0.165 e. The van der Waals surface area contributed by atoms with Crippen molar-refractivity contribution < 1.29 is 17.9 Å².